The molecule has 1 aliphatic carbocycles. The maximum Gasteiger partial charge on any atom is 0.206 e. The molecule has 0 heterocycles. The summed E-state index contributed by atoms with van der Waals surface area (Å²) in [6.07, 6.45) is 2.61. The van der Waals surface area contributed by atoms with Gasteiger partial charge in [0.05, 0.1) is 9.80 Å². The Morgan fingerprint density at radius 2 is 1.62 bits per heavy atom. The minimum atomic E-state index is -3.48. The van der Waals surface area contributed by atoms with Crippen LogP contribution in [0, 0.1) is 0 Å². The van der Waals surface area contributed by atoms with Crippen LogP contribution in [0.4, 0.5) is 0 Å². The highest BCUT2D eigenvalue weighted by molar-refractivity contribution is 7.95. The quantitative estimate of drug-likeness (QED) is 0.862. The highest BCUT2D eigenvalue weighted by Crippen LogP contribution is 2.31. The Bertz CT molecular complexity index is 500. The minimum Gasteiger partial charge on any atom is -0.511 e. The number of hydrogen-bond acceptors (Lipinski definition) is 3. The van der Waals surface area contributed by atoms with Crippen molar-refractivity contribution in [2.24, 2.45) is 0 Å². The van der Waals surface area contributed by atoms with Crippen molar-refractivity contribution in [2.45, 2.75) is 30.6 Å². The molecule has 0 amide bonds. The summed E-state index contributed by atoms with van der Waals surface area (Å²) in [5.74, 6) is 0.0371. The molecule has 1 aromatic rings. The van der Waals surface area contributed by atoms with E-state index in [4.69, 9.17) is 0 Å². The molecular weight excluding hydrogens is 224 g/mol. The molecule has 0 saturated carbocycles. The van der Waals surface area contributed by atoms with Gasteiger partial charge in [-0.1, -0.05) is 18.2 Å². The van der Waals surface area contributed by atoms with Gasteiger partial charge in [0.2, 0.25) is 9.84 Å². The van der Waals surface area contributed by atoms with Crippen molar-refractivity contribution in [2.75, 3.05) is 0 Å². The van der Waals surface area contributed by atoms with Gasteiger partial charge in [0.25, 0.3) is 0 Å². The van der Waals surface area contributed by atoms with Gasteiger partial charge in [0.15, 0.2) is 0 Å². The molecule has 3 nitrogen and oxygen atoms in total. The molecule has 0 unspecified atom stereocenters. The monoisotopic (exact) mass is 238 g/mol. The first-order chi connectivity index (χ1) is 7.62. The predicted octanol–water partition coefficient (Wildman–Crippen LogP) is 2.80. The molecule has 0 aromatic heterocycles. The number of allylic oxidation sites excluding steroid dienone is 2. The number of aliphatic hydroxyl groups is 1. The molecule has 1 N–H and O–H groups in total. The Kier molecular flexibility index (Phi) is 3.01. The molecule has 0 spiro atoms. The van der Waals surface area contributed by atoms with Crippen molar-refractivity contribution in [3.8, 4) is 0 Å². The van der Waals surface area contributed by atoms with E-state index in [1.54, 1.807) is 30.3 Å². The fourth-order valence-corrected chi connectivity index (χ4v) is 3.52. The molecule has 0 aliphatic heterocycles. The van der Waals surface area contributed by atoms with Gasteiger partial charge >= 0.3 is 0 Å². The second kappa shape index (κ2) is 4.29. The van der Waals surface area contributed by atoms with Crippen LogP contribution in [-0.2, 0) is 9.84 Å². The maximum atomic E-state index is 12.2. The van der Waals surface area contributed by atoms with Crippen molar-refractivity contribution in [3.63, 3.8) is 0 Å². The lowest BCUT2D eigenvalue weighted by molar-refractivity contribution is 0.364. The second-order valence-corrected chi connectivity index (χ2v) is 5.86. The molecule has 2 rings (SSSR count). The first-order valence-electron chi connectivity index (χ1n) is 5.33. The van der Waals surface area contributed by atoms with Crippen LogP contribution in [0.1, 0.15) is 25.7 Å². The molecule has 0 atom stereocenters. The summed E-state index contributed by atoms with van der Waals surface area (Å²) < 4.78 is 24.4. The second-order valence-electron chi connectivity index (χ2n) is 3.89. The van der Waals surface area contributed by atoms with Gasteiger partial charge < -0.3 is 5.11 Å². The summed E-state index contributed by atoms with van der Waals surface area (Å²) in [7, 11) is -3.48. The van der Waals surface area contributed by atoms with E-state index < -0.39 is 9.84 Å². The summed E-state index contributed by atoms with van der Waals surface area (Å²) in [5, 5.41) is 9.67. The fourth-order valence-electron chi connectivity index (χ4n) is 1.89. The van der Waals surface area contributed by atoms with E-state index in [2.05, 4.69) is 0 Å². The molecule has 0 bridgehead atoms. The van der Waals surface area contributed by atoms with E-state index in [1.807, 2.05) is 0 Å². The summed E-state index contributed by atoms with van der Waals surface area (Å²) in [4.78, 5) is 0.461. The van der Waals surface area contributed by atoms with Crippen molar-refractivity contribution in [1.82, 2.24) is 0 Å². The van der Waals surface area contributed by atoms with Gasteiger partial charge in [-0.2, -0.15) is 0 Å². The van der Waals surface area contributed by atoms with Crippen LogP contribution in [0.15, 0.2) is 45.9 Å². The molecule has 0 radical (unpaired) electrons. The van der Waals surface area contributed by atoms with Crippen LogP contribution in [0.3, 0.4) is 0 Å². The van der Waals surface area contributed by atoms with E-state index in [9.17, 15) is 13.5 Å². The number of sulfone groups is 1. The van der Waals surface area contributed by atoms with E-state index in [0.29, 0.717) is 12.8 Å². The number of aliphatic hydroxyl groups excluding tert-OH is 1. The van der Waals surface area contributed by atoms with E-state index in [1.165, 1.54) is 0 Å². The Hall–Kier alpha value is -1.29. The average Bonchev–Trinajstić information content (AvgIpc) is 2.30. The summed E-state index contributed by atoms with van der Waals surface area (Å²) in [6.45, 7) is 0. The van der Waals surface area contributed by atoms with Gasteiger partial charge in [0, 0.05) is 6.42 Å². The molecule has 1 aromatic carbocycles. The standard InChI is InChI=1S/C12H14O3S/c13-11-8-4-5-9-12(11)16(14,15)10-6-2-1-3-7-10/h1-3,6-7,13H,4-5,8-9H2. The third-order valence-electron chi connectivity index (χ3n) is 2.77. The van der Waals surface area contributed by atoms with Gasteiger partial charge in [0.1, 0.15) is 5.76 Å². The lowest BCUT2D eigenvalue weighted by Gasteiger charge is -2.16. The van der Waals surface area contributed by atoms with Gasteiger partial charge in [-0.3, -0.25) is 0 Å². The highest BCUT2D eigenvalue weighted by atomic mass is 32.2. The number of benzene rings is 1. The van der Waals surface area contributed by atoms with Gasteiger partial charge in [-0.25, -0.2) is 8.42 Å². The normalized spacial score (nSPS) is 17.5. The zero-order valence-corrected chi connectivity index (χ0v) is 9.70. The zero-order valence-electron chi connectivity index (χ0n) is 8.89. The van der Waals surface area contributed by atoms with Gasteiger partial charge in [-0.15, -0.1) is 0 Å². The summed E-state index contributed by atoms with van der Waals surface area (Å²) >= 11 is 0. The lowest BCUT2D eigenvalue weighted by Crippen LogP contribution is -2.11. The smallest absolute Gasteiger partial charge is 0.206 e. The zero-order chi connectivity index (χ0) is 11.6. The van der Waals surface area contributed by atoms with Crippen LogP contribution in [0.5, 0.6) is 0 Å². The fraction of sp³-hybridized carbons (Fsp3) is 0.333. The van der Waals surface area contributed by atoms with Crippen LogP contribution in [0.25, 0.3) is 0 Å². The van der Waals surface area contributed by atoms with E-state index in [0.717, 1.165) is 12.8 Å². The summed E-state index contributed by atoms with van der Waals surface area (Å²) in [6, 6.07) is 8.27. The highest BCUT2D eigenvalue weighted by Gasteiger charge is 2.26. The molecule has 0 saturated heterocycles. The molecule has 4 heteroatoms. The molecule has 16 heavy (non-hydrogen) atoms. The molecule has 0 fully saturated rings. The lowest BCUT2D eigenvalue weighted by atomic mass is 10.1. The molecule has 86 valence electrons. The average molecular weight is 238 g/mol. The molecule has 1 aliphatic rings. The minimum absolute atomic E-state index is 0.0371. The van der Waals surface area contributed by atoms with Crippen molar-refractivity contribution in [3.05, 3.63) is 41.0 Å². The Morgan fingerprint density at radius 1 is 1.00 bits per heavy atom. The number of hydrogen-bond donors (Lipinski definition) is 1. The first-order valence-corrected chi connectivity index (χ1v) is 6.82. The van der Waals surface area contributed by atoms with Crippen LogP contribution >= 0.6 is 0 Å². The van der Waals surface area contributed by atoms with Crippen molar-refractivity contribution >= 4 is 9.84 Å². The van der Waals surface area contributed by atoms with E-state index in [-0.39, 0.29) is 15.6 Å². The maximum absolute atomic E-state index is 12.2. The Morgan fingerprint density at radius 3 is 2.25 bits per heavy atom. The number of rotatable bonds is 2. The van der Waals surface area contributed by atoms with Crippen LogP contribution < -0.4 is 0 Å². The van der Waals surface area contributed by atoms with Crippen LogP contribution in [-0.4, -0.2) is 13.5 Å². The third kappa shape index (κ3) is 1.97. The van der Waals surface area contributed by atoms with Gasteiger partial charge in [-0.05, 0) is 31.4 Å². The molecular formula is C12H14O3S. The predicted molar refractivity (Wildman–Crippen MR) is 61.8 cm³/mol. The van der Waals surface area contributed by atoms with Crippen LogP contribution in [0.2, 0.25) is 0 Å². The Labute approximate surface area is 95.3 Å². The Balaban J connectivity index is 2.48. The van der Waals surface area contributed by atoms with Crippen molar-refractivity contribution in [1.29, 1.82) is 0 Å². The third-order valence-corrected chi connectivity index (χ3v) is 4.75. The SMILES string of the molecule is O=S(=O)(C1=C(O)CCCC1)c1ccccc1. The van der Waals surface area contributed by atoms with E-state index >= 15 is 0 Å². The van der Waals surface area contributed by atoms with Crippen molar-refractivity contribution < 1.29 is 13.5 Å². The summed E-state index contributed by atoms with van der Waals surface area (Å²) in [5.41, 5.74) is 0. The topological polar surface area (TPSA) is 54.4 Å². The largest absolute Gasteiger partial charge is 0.511 e. The first kappa shape index (κ1) is 11.2.